The highest BCUT2D eigenvalue weighted by Gasteiger charge is 2.18. The van der Waals surface area contributed by atoms with Crippen molar-refractivity contribution in [2.75, 3.05) is 7.11 Å². The molecular formula is C24H22N2O3S. The molecule has 152 valence electrons. The molecule has 4 aromatic rings. The summed E-state index contributed by atoms with van der Waals surface area (Å²) in [6.45, 7) is 6.06. The van der Waals surface area contributed by atoms with Gasteiger partial charge in [-0.15, -0.1) is 11.3 Å². The number of hydrogen-bond acceptors (Lipinski definition) is 5. The van der Waals surface area contributed by atoms with Crippen molar-refractivity contribution in [3.05, 3.63) is 80.7 Å². The fourth-order valence-corrected chi connectivity index (χ4v) is 4.54. The number of aromatic nitrogens is 2. The van der Waals surface area contributed by atoms with Gasteiger partial charge in [-0.3, -0.25) is 14.2 Å². The number of nitrogens with zero attached hydrogens (tertiary/aromatic N) is 2. The Hall–Kier alpha value is -3.25. The lowest BCUT2D eigenvalue weighted by molar-refractivity contribution is 0.0970. The largest absolute Gasteiger partial charge is 0.497 e. The van der Waals surface area contributed by atoms with E-state index in [0.29, 0.717) is 21.5 Å². The van der Waals surface area contributed by atoms with Crippen LogP contribution in [0.15, 0.2) is 53.6 Å². The molecule has 0 atom stereocenters. The van der Waals surface area contributed by atoms with Crippen LogP contribution >= 0.6 is 11.3 Å². The lowest BCUT2D eigenvalue weighted by atomic mass is 9.99. The first-order valence-corrected chi connectivity index (χ1v) is 10.4. The molecule has 0 unspecified atom stereocenters. The van der Waals surface area contributed by atoms with Crippen LogP contribution in [-0.2, 0) is 6.54 Å². The van der Waals surface area contributed by atoms with Gasteiger partial charge in [0.1, 0.15) is 10.6 Å². The van der Waals surface area contributed by atoms with Crippen LogP contribution in [0, 0.1) is 20.8 Å². The van der Waals surface area contributed by atoms with Gasteiger partial charge >= 0.3 is 0 Å². The molecule has 0 bridgehead atoms. The second-order valence-electron chi connectivity index (χ2n) is 7.35. The van der Waals surface area contributed by atoms with Crippen molar-refractivity contribution < 1.29 is 9.53 Å². The van der Waals surface area contributed by atoms with Gasteiger partial charge in [0.15, 0.2) is 5.78 Å². The molecule has 0 saturated carbocycles. The van der Waals surface area contributed by atoms with Gasteiger partial charge in [-0.25, -0.2) is 4.98 Å². The highest BCUT2D eigenvalue weighted by Crippen LogP contribution is 2.36. The van der Waals surface area contributed by atoms with Crippen molar-refractivity contribution in [1.82, 2.24) is 9.55 Å². The quantitative estimate of drug-likeness (QED) is 0.431. The van der Waals surface area contributed by atoms with Crippen molar-refractivity contribution in [2.45, 2.75) is 27.3 Å². The number of Topliss-reactive ketones (excluding diaryl/α,β-unsaturated/α-hetero) is 1. The van der Waals surface area contributed by atoms with E-state index in [0.717, 1.165) is 16.0 Å². The van der Waals surface area contributed by atoms with Crippen molar-refractivity contribution in [2.24, 2.45) is 0 Å². The van der Waals surface area contributed by atoms with E-state index >= 15 is 0 Å². The Morgan fingerprint density at radius 1 is 1.10 bits per heavy atom. The number of methoxy groups -OCH3 is 1. The first-order valence-electron chi connectivity index (χ1n) is 9.62. The van der Waals surface area contributed by atoms with E-state index in [1.807, 2.05) is 13.0 Å². The lowest BCUT2D eigenvalue weighted by Gasteiger charge is -2.08. The molecule has 0 N–H and O–H groups in total. The number of thiophene rings is 1. The molecule has 0 aliphatic heterocycles. The van der Waals surface area contributed by atoms with Crippen molar-refractivity contribution >= 4 is 27.3 Å². The van der Waals surface area contributed by atoms with Crippen LogP contribution in [0.5, 0.6) is 5.75 Å². The highest BCUT2D eigenvalue weighted by molar-refractivity contribution is 7.19. The lowest BCUT2D eigenvalue weighted by Crippen LogP contribution is -2.24. The first-order chi connectivity index (χ1) is 14.4. The smallest absolute Gasteiger partial charge is 0.263 e. The Balaban J connectivity index is 1.79. The Morgan fingerprint density at radius 3 is 2.63 bits per heavy atom. The van der Waals surface area contributed by atoms with Crippen LogP contribution in [0.4, 0.5) is 0 Å². The molecule has 2 aromatic carbocycles. The van der Waals surface area contributed by atoms with Crippen LogP contribution in [0.1, 0.15) is 26.4 Å². The molecule has 2 aromatic heterocycles. The summed E-state index contributed by atoms with van der Waals surface area (Å²) in [6, 6.07) is 13.1. The zero-order chi connectivity index (χ0) is 21.4. The molecule has 4 rings (SSSR count). The normalized spacial score (nSPS) is 11.1. The second kappa shape index (κ2) is 7.88. The summed E-state index contributed by atoms with van der Waals surface area (Å²) in [4.78, 5) is 32.3. The Kier molecular flexibility index (Phi) is 5.26. The SMILES string of the molecule is COc1cccc(C(=O)Cn2cnc3sc(C)c(-c4ccc(C)c(C)c4)c3c2=O)c1. The minimum absolute atomic E-state index is 0.0732. The molecule has 0 aliphatic carbocycles. The van der Waals surface area contributed by atoms with Gasteiger partial charge in [0.05, 0.1) is 25.4 Å². The molecule has 0 amide bonds. The summed E-state index contributed by atoms with van der Waals surface area (Å²) in [5.41, 5.74) is 4.57. The molecule has 5 nitrogen and oxygen atoms in total. The molecule has 0 spiro atoms. The number of fused-ring (bicyclic) bond motifs is 1. The number of ketones is 1. The van der Waals surface area contributed by atoms with Gasteiger partial charge in [0, 0.05) is 16.0 Å². The highest BCUT2D eigenvalue weighted by atomic mass is 32.1. The maximum absolute atomic E-state index is 13.3. The van der Waals surface area contributed by atoms with E-state index in [1.165, 1.54) is 33.4 Å². The van der Waals surface area contributed by atoms with Crippen LogP contribution < -0.4 is 10.3 Å². The number of carbonyl (C=O) groups is 1. The van der Waals surface area contributed by atoms with Gasteiger partial charge < -0.3 is 4.74 Å². The summed E-state index contributed by atoms with van der Waals surface area (Å²) in [6.07, 6.45) is 1.46. The molecule has 2 heterocycles. The number of carbonyl (C=O) groups excluding carboxylic acids is 1. The van der Waals surface area contributed by atoms with Gasteiger partial charge in [0.25, 0.3) is 5.56 Å². The van der Waals surface area contributed by atoms with Crippen molar-refractivity contribution in [1.29, 1.82) is 0 Å². The summed E-state index contributed by atoms with van der Waals surface area (Å²) in [5.74, 6) is 0.434. The van der Waals surface area contributed by atoms with Gasteiger partial charge in [-0.1, -0.05) is 30.3 Å². The standard InChI is InChI=1S/C24H22N2O3S/c1-14-8-9-18(10-15(14)2)21-16(3)30-23-22(21)24(28)26(13-25-23)12-20(27)17-6-5-7-19(11-17)29-4/h5-11,13H,12H2,1-4H3. The van der Waals surface area contributed by atoms with Crippen molar-refractivity contribution in [3.63, 3.8) is 0 Å². The third kappa shape index (κ3) is 3.55. The van der Waals surface area contributed by atoms with E-state index in [4.69, 9.17) is 4.74 Å². The number of hydrogen-bond donors (Lipinski definition) is 0. The predicted octanol–water partition coefficient (Wildman–Crippen LogP) is 4.94. The number of rotatable bonds is 5. The van der Waals surface area contributed by atoms with Crippen molar-refractivity contribution in [3.8, 4) is 16.9 Å². The molecule has 0 fully saturated rings. The maximum atomic E-state index is 13.3. The van der Waals surface area contributed by atoms with E-state index in [9.17, 15) is 9.59 Å². The Bertz CT molecular complexity index is 1330. The van der Waals surface area contributed by atoms with E-state index < -0.39 is 0 Å². The summed E-state index contributed by atoms with van der Waals surface area (Å²) in [7, 11) is 1.55. The van der Waals surface area contributed by atoms with Crippen LogP contribution in [0.2, 0.25) is 0 Å². The molecule has 0 aliphatic rings. The number of aryl methyl sites for hydroxylation is 3. The molecule has 0 saturated heterocycles. The van der Waals surface area contributed by atoms with Crippen LogP contribution in [-0.4, -0.2) is 22.4 Å². The predicted molar refractivity (Wildman–Crippen MR) is 121 cm³/mol. The minimum atomic E-state index is -0.200. The zero-order valence-electron chi connectivity index (χ0n) is 17.4. The van der Waals surface area contributed by atoms with E-state index in [1.54, 1.807) is 31.4 Å². The fourth-order valence-electron chi connectivity index (χ4n) is 3.54. The minimum Gasteiger partial charge on any atom is -0.497 e. The molecular weight excluding hydrogens is 396 g/mol. The summed E-state index contributed by atoms with van der Waals surface area (Å²) in [5, 5.41) is 0.571. The molecule has 30 heavy (non-hydrogen) atoms. The van der Waals surface area contributed by atoms with Gasteiger partial charge in [0.2, 0.25) is 0 Å². The van der Waals surface area contributed by atoms with Gasteiger partial charge in [-0.05, 0) is 49.6 Å². The maximum Gasteiger partial charge on any atom is 0.263 e. The fraction of sp³-hybridized carbons (Fsp3) is 0.208. The number of ether oxygens (including phenoxy) is 1. The Morgan fingerprint density at radius 2 is 1.90 bits per heavy atom. The summed E-state index contributed by atoms with van der Waals surface area (Å²) >= 11 is 1.50. The second-order valence-corrected chi connectivity index (χ2v) is 8.55. The van der Waals surface area contributed by atoms with Crippen LogP contribution in [0.25, 0.3) is 21.3 Å². The third-order valence-corrected chi connectivity index (χ3v) is 6.37. The van der Waals surface area contributed by atoms with Gasteiger partial charge in [-0.2, -0.15) is 0 Å². The zero-order valence-corrected chi connectivity index (χ0v) is 18.2. The first kappa shape index (κ1) is 20.0. The Labute approximate surface area is 178 Å². The molecule has 6 heteroatoms. The monoisotopic (exact) mass is 418 g/mol. The van der Waals surface area contributed by atoms with E-state index in [-0.39, 0.29) is 17.9 Å². The topological polar surface area (TPSA) is 61.2 Å². The average molecular weight is 419 g/mol. The van der Waals surface area contributed by atoms with Crippen LogP contribution in [0.3, 0.4) is 0 Å². The third-order valence-electron chi connectivity index (χ3n) is 5.36. The van der Waals surface area contributed by atoms with E-state index in [2.05, 4.69) is 31.0 Å². The average Bonchev–Trinajstić information content (AvgIpc) is 3.08. The number of benzene rings is 2. The summed E-state index contributed by atoms with van der Waals surface area (Å²) < 4.78 is 6.58. The molecule has 0 radical (unpaired) electrons.